The number of carbonyl (C=O) groups is 2. The summed E-state index contributed by atoms with van der Waals surface area (Å²) in [4.78, 5) is 23.9. The number of amides is 2. The molecule has 2 rings (SSSR count). The molecule has 0 fully saturated rings. The van der Waals surface area contributed by atoms with Crippen molar-refractivity contribution in [1.82, 2.24) is 5.43 Å². The van der Waals surface area contributed by atoms with Gasteiger partial charge in [0.2, 0.25) is 11.8 Å². The molecule has 2 amide bonds. The molecule has 0 saturated carbocycles. The predicted molar refractivity (Wildman–Crippen MR) is 108 cm³/mol. The van der Waals surface area contributed by atoms with Crippen LogP contribution in [-0.4, -0.2) is 17.5 Å². The lowest BCUT2D eigenvalue weighted by molar-refractivity contribution is -0.124. The predicted octanol–water partition coefficient (Wildman–Crippen LogP) is 4.33. The van der Waals surface area contributed by atoms with E-state index in [0.717, 1.165) is 26.9 Å². The van der Waals surface area contributed by atoms with Crippen molar-refractivity contribution in [2.24, 2.45) is 5.10 Å². The molecule has 0 aliphatic rings. The van der Waals surface area contributed by atoms with Crippen molar-refractivity contribution in [3.8, 4) is 0 Å². The van der Waals surface area contributed by atoms with Gasteiger partial charge in [-0.2, -0.15) is 5.10 Å². The van der Waals surface area contributed by atoms with Crippen molar-refractivity contribution in [2.45, 2.75) is 33.6 Å². The molecule has 6 heteroatoms. The molecule has 0 unspecified atom stereocenters. The zero-order chi connectivity index (χ0) is 19.1. The van der Waals surface area contributed by atoms with Gasteiger partial charge in [0.25, 0.3) is 0 Å². The minimum absolute atomic E-state index is 0.0772. The number of hydrazone groups is 1. The fraction of sp³-hybridized carbons (Fsp3) is 0.250. The summed E-state index contributed by atoms with van der Waals surface area (Å²) in [5.41, 5.74) is 7.01. The van der Waals surface area contributed by atoms with Gasteiger partial charge >= 0.3 is 0 Å². The maximum Gasteiger partial charge on any atom is 0.240 e. The number of hydrogen-bond donors (Lipinski definition) is 2. The normalized spacial score (nSPS) is 11.2. The SMILES string of the molecule is C/C(=N\NC(=O)CCC(=O)Nc1ccc(C)cc1C)c1ccc(Br)cc1. The van der Waals surface area contributed by atoms with Crippen LogP contribution < -0.4 is 10.7 Å². The van der Waals surface area contributed by atoms with Gasteiger partial charge in [-0.3, -0.25) is 9.59 Å². The summed E-state index contributed by atoms with van der Waals surface area (Å²) in [6.45, 7) is 5.76. The Morgan fingerprint density at radius 2 is 1.65 bits per heavy atom. The van der Waals surface area contributed by atoms with Crippen LogP contribution in [-0.2, 0) is 9.59 Å². The Bertz CT molecular complexity index is 829. The molecule has 2 N–H and O–H groups in total. The molecule has 0 heterocycles. The average molecular weight is 416 g/mol. The Balaban J connectivity index is 1.81. The van der Waals surface area contributed by atoms with Crippen molar-refractivity contribution in [2.75, 3.05) is 5.32 Å². The standard InChI is InChI=1S/C20H22BrN3O2/c1-13-4-9-18(14(2)12-13)22-19(25)10-11-20(26)24-23-15(3)16-5-7-17(21)8-6-16/h4-9,12H,10-11H2,1-3H3,(H,22,25)(H,24,26)/b23-15+. The van der Waals surface area contributed by atoms with Crippen molar-refractivity contribution in [3.05, 3.63) is 63.6 Å². The number of rotatable bonds is 6. The second-order valence-electron chi connectivity index (χ2n) is 6.11. The monoisotopic (exact) mass is 415 g/mol. The number of benzene rings is 2. The molecular weight excluding hydrogens is 394 g/mol. The van der Waals surface area contributed by atoms with E-state index in [1.165, 1.54) is 0 Å². The highest BCUT2D eigenvalue weighted by atomic mass is 79.9. The van der Waals surface area contributed by atoms with Gasteiger partial charge in [-0.25, -0.2) is 5.43 Å². The van der Waals surface area contributed by atoms with Gasteiger partial charge in [-0.05, 0) is 50.1 Å². The Kier molecular flexibility index (Phi) is 7.09. The Labute approximate surface area is 162 Å². The molecule has 5 nitrogen and oxygen atoms in total. The lowest BCUT2D eigenvalue weighted by atomic mass is 10.1. The molecule has 0 bridgehead atoms. The van der Waals surface area contributed by atoms with Crippen molar-refractivity contribution >= 4 is 39.1 Å². The van der Waals surface area contributed by atoms with Crippen LogP contribution in [0.4, 0.5) is 5.69 Å². The summed E-state index contributed by atoms with van der Waals surface area (Å²) in [5.74, 6) is -0.488. The van der Waals surface area contributed by atoms with Gasteiger partial charge in [0.05, 0.1) is 5.71 Å². The number of halogens is 1. The maximum absolute atomic E-state index is 12.0. The highest BCUT2D eigenvalue weighted by molar-refractivity contribution is 9.10. The number of nitrogens with one attached hydrogen (secondary N) is 2. The zero-order valence-electron chi connectivity index (χ0n) is 15.1. The summed E-state index contributed by atoms with van der Waals surface area (Å²) >= 11 is 3.37. The van der Waals surface area contributed by atoms with E-state index in [-0.39, 0.29) is 24.7 Å². The van der Waals surface area contributed by atoms with Crippen LogP contribution >= 0.6 is 15.9 Å². The third kappa shape index (κ3) is 6.11. The number of aryl methyl sites for hydroxylation is 2. The summed E-state index contributed by atoms with van der Waals surface area (Å²) in [5, 5.41) is 6.91. The third-order valence-corrected chi connectivity index (χ3v) is 4.37. The molecule has 26 heavy (non-hydrogen) atoms. The average Bonchev–Trinajstić information content (AvgIpc) is 2.61. The highest BCUT2D eigenvalue weighted by Crippen LogP contribution is 2.16. The van der Waals surface area contributed by atoms with Gasteiger partial charge in [-0.1, -0.05) is 45.8 Å². The number of nitrogens with zero attached hydrogens (tertiary/aromatic N) is 1. The first-order valence-electron chi connectivity index (χ1n) is 8.31. The Morgan fingerprint density at radius 3 is 2.31 bits per heavy atom. The molecule has 0 aliphatic heterocycles. The molecule has 2 aromatic rings. The summed E-state index contributed by atoms with van der Waals surface area (Å²) in [6.07, 6.45) is 0.180. The fourth-order valence-electron chi connectivity index (χ4n) is 2.35. The first-order chi connectivity index (χ1) is 12.3. The van der Waals surface area contributed by atoms with E-state index < -0.39 is 0 Å². The second kappa shape index (κ2) is 9.29. The number of anilines is 1. The van der Waals surface area contributed by atoms with Crippen molar-refractivity contribution in [1.29, 1.82) is 0 Å². The van der Waals surface area contributed by atoms with Crippen LogP contribution in [0.3, 0.4) is 0 Å². The van der Waals surface area contributed by atoms with E-state index in [9.17, 15) is 9.59 Å². The fourth-order valence-corrected chi connectivity index (χ4v) is 2.62. The molecular formula is C20H22BrN3O2. The minimum Gasteiger partial charge on any atom is -0.326 e. The third-order valence-electron chi connectivity index (χ3n) is 3.85. The van der Waals surface area contributed by atoms with Crippen LogP contribution in [0.25, 0.3) is 0 Å². The maximum atomic E-state index is 12.0. The Hall–Kier alpha value is -2.47. The summed E-state index contributed by atoms with van der Waals surface area (Å²) in [7, 11) is 0. The smallest absolute Gasteiger partial charge is 0.240 e. The van der Waals surface area contributed by atoms with E-state index in [2.05, 4.69) is 31.8 Å². The van der Waals surface area contributed by atoms with Gasteiger partial charge in [-0.15, -0.1) is 0 Å². The summed E-state index contributed by atoms with van der Waals surface area (Å²) < 4.78 is 0.980. The molecule has 136 valence electrons. The molecule has 0 saturated heterocycles. The van der Waals surface area contributed by atoms with Gasteiger partial charge < -0.3 is 5.32 Å². The van der Waals surface area contributed by atoms with Gasteiger partial charge in [0, 0.05) is 23.0 Å². The summed E-state index contributed by atoms with van der Waals surface area (Å²) in [6, 6.07) is 13.4. The zero-order valence-corrected chi connectivity index (χ0v) is 16.7. The lowest BCUT2D eigenvalue weighted by Gasteiger charge is -2.09. The second-order valence-corrected chi connectivity index (χ2v) is 7.02. The topological polar surface area (TPSA) is 70.6 Å². The van der Waals surface area contributed by atoms with E-state index in [1.807, 2.05) is 63.2 Å². The minimum atomic E-state index is -0.294. The van der Waals surface area contributed by atoms with Crippen LogP contribution in [0.1, 0.15) is 36.5 Å². The molecule has 0 aromatic heterocycles. The van der Waals surface area contributed by atoms with E-state index in [0.29, 0.717) is 5.71 Å². The molecule has 0 aliphatic carbocycles. The van der Waals surface area contributed by atoms with Crippen LogP contribution in [0.15, 0.2) is 52.0 Å². The quantitative estimate of drug-likeness (QED) is 0.544. The molecule has 0 spiro atoms. The molecule has 0 atom stereocenters. The van der Waals surface area contributed by atoms with Crippen LogP contribution in [0, 0.1) is 13.8 Å². The molecule has 0 radical (unpaired) electrons. The first-order valence-corrected chi connectivity index (χ1v) is 9.10. The Morgan fingerprint density at radius 1 is 1.00 bits per heavy atom. The first kappa shape index (κ1) is 19.8. The van der Waals surface area contributed by atoms with Gasteiger partial charge in [0.1, 0.15) is 0 Å². The highest BCUT2D eigenvalue weighted by Gasteiger charge is 2.08. The number of carbonyl (C=O) groups excluding carboxylic acids is 2. The van der Waals surface area contributed by atoms with Crippen molar-refractivity contribution < 1.29 is 9.59 Å². The van der Waals surface area contributed by atoms with E-state index in [4.69, 9.17) is 0 Å². The van der Waals surface area contributed by atoms with E-state index >= 15 is 0 Å². The van der Waals surface area contributed by atoms with Crippen LogP contribution in [0.5, 0.6) is 0 Å². The number of hydrogen-bond acceptors (Lipinski definition) is 3. The lowest BCUT2D eigenvalue weighted by Crippen LogP contribution is -2.22. The van der Waals surface area contributed by atoms with E-state index in [1.54, 1.807) is 0 Å². The van der Waals surface area contributed by atoms with Crippen LogP contribution in [0.2, 0.25) is 0 Å². The van der Waals surface area contributed by atoms with Crippen molar-refractivity contribution in [3.63, 3.8) is 0 Å². The largest absolute Gasteiger partial charge is 0.326 e. The molecule has 2 aromatic carbocycles. The van der Waals surface area contributed by atoms with Gasteiger partial charge in [0.15, 0.2) is 0 Å².